The third kappa shape index (κ3) is 2.54. The van der Waals surface area contributed by atoms with Crippen LogP contribution in [0.2, 0.25) is 0 Å². The van der Waals surface area contributed by atoms with Crippen LogP contribution < -0.4 is 0 Å². The number of rotatable bonds is 3. The summed E-state index contributed by atoms with van der Waals surface area (Å²) >= 11 is 0. The maximum Gasteiger partial charge on any atom is 0.224 e. The molecule has 4 aliphatic rings. The average Bonchev–Trinajstić information content (AvgIpc) is 2.90. The van der Waals surface area contributed by atoms with E-state index in [1.165, 1.54) is 29.8 Å². The summed E-state index contributed by atoms with van der Waals surface area (Å²) in [4.78, 5) is 15.3. The van der Waals surface area contributed by atoms with Crippen molar-refractivity contribution >= 4 is 5.91 Å². The molecular weight excluding hydrogens is 334 g/mol. The molecule has 0 aromatic carbocycles. The number of hydrogen-bond acceptors (Lipinski definition) is 2. The number of nitrogens with zero attached hydrogens (tertiary/aromatic N) is 3. The summed E-state index contributed by atoms with van der Waals surface area (Å²) in [6, 6.07) is 0.449. The number of likely N-dealkylation sites (tertiary alicyclic amines) is 1. The highest BCUT2D eigenvalue weighted by Gasteiger charge is 2.63. The first-order valence-electron chi connectivity index (χ1n) is 10.9. The summed E-state index contributed by atoms with van der Waals surface area (Å²) in [5.41, 5.74) is 5.25. The second kappa shape index (κ2) is 5.18. The lowest BCUT2D eigenvalue weighted by molar-refractivity contribution is -0.132. The highest BCUT2D eigenvalue weighted by atomic mass is 16.2. The Morgan fingerprint density at radius 1 is 1.19 bits per heavy atom. The van der Waals surface area contributed by atoms with Crippen molar-refractivity contribution in [1.82, 2.24) is 14.7 Å². The molecule has 0 radical (unpaired) electrons. The molecule has 1 amide bonds. The van der Waals surface area contributed by atoms with Gasteiger partial charge in [-0.25, -0.2) is 0 Å². The Balaban J connectivity index is 1.28. The molecule has 2 heterocycles. The number of aromatic nitrogens is 2. The lowest BCUT2D eigenvalue weighted by Crippen LogP contribution is -2.38. The molecule has 2 saturated carbocycles. The summed E-state index contributed by atoms with van der Waals surface area (Å²) in [6.07, 6.45) is 5.34. The number of carbonyl (C=O) groups is 1. The minimum absolute atomic E-state index is 0.318. The van der Waals surface area contributed by atoms with Crippen molar-refractivity contribution < 1.29 is 4.79 Å². The van der Waals surface area contributed by atoms with Crippen LogP contribution in [0.3, 0.4) is 0 Å². The van der Waals surface area contributed by atoms with Crippen LogP contribution in [-0.4, -0.2) is 33.2 Å². The van der Waals surface area contributed by atoms with E-state index in [0.29, 0.717) is 40.5 Å². The molecule has 0 spiro atoms. The predicted octanol–water partition coefficient (Wildman–Crippen LogP) is 4.30. The predicted molar refractivity (Wildman–Crippen MR) is 107 cm³/mol. The van der Waals surface area contributed by atoms with Gasteiger partial charge in [-0.05, 0) is 60.7 Å². The molecule has 3 aliphatic carbocycles. The van der Waals surface area contributed by atoms with Gasteiger partial charge >= 0.3 is 0 Å². The van der Waals surface area contributed by atoms with Crippen LogP contribution in [0.5, 0.6) is 0 Å². The van der Waals surface area contributed by atoms with Crippen LogP contribution in [0.15, 0.2) is 0 Å². The fourth-order valence-electron chi connectivity index (χ4n) is 7.45. The molecule has 2 bridgehead atoms. The summed E-state index contributed by atoms with van der Waals surface area (Å²) in [5, 5.41) is 4.82. The molecule has 0 unspecified atom stereocenters. The molecule has 5 rings (SSSR count). The average molecular weight is 370 g/mol. The molecule has 1 aromatic rings. The van der Waals surface area contributed by atoms with Crippen LogP contribution in [0, 0.1) is 29.1 Å². The molecule has 27 heavy (non-hydrogen) atoms. The SMILES string of the molecule is Cc1nn(CCC(=O)N2C[C@]3(C)C[C@@H]2CC(C)(C)C3)c2c1[C@H]1[C@H](C2)C1(C)C. The Morgan fingerprint density at radius 3 is 2.67 bits per heavy atom. The van der Waals surface area contributed by atoms with Crippen molar-refractivity contribution in [3.8, 4) is 0 Å². The van der Waals surface area contributed by atoms with Crippen LogP contribution >= 0.6 is 0 Å². The minimum Gasteiger partial charge on any atom is -0.339 e. The third-order valence-electron chi connectivity index (χ3n) is 8.33. The minimum atomic E-state index is 0.318. The quantitative estimate of drug-likeness (QED) is 0.796. The van der Waals surface area contributed by atoms with E-state index < -0.39 is 0 Å². The van der Waals surface area contributed by atoms with Gasteiger partial charge in [-0.2, -0.15) is 5.10 Å². The Bertz CT molecular complexity index is 820. The van der Waals surface area contributed by atoms with Gasteiger partial charge in [-0.3, -0.25) is 9.48 Å². The van der Waals surface area contributed by atoms with Gasteiger partial charge in [-0.1, -0.05) is 34.6 Å². The lowest BCUT2D eigenvalue weighted by atomic mass is 9.65. The Hall–Kier alpha value is -1.32. The Labute approximate surface area is 163 Å². The maximum absolute atomic E-state index is 13.1. The Morgan fingerprint density at radius 2 is 1.93 bits per heavy atom. The lowest BCUT2D eigenvalue weighted by Gasteiger charge is -2.39. The molecule has 3 fully saturated rings. The van der Waals surface area contributed by atoms with Gasteiger partial charge in [0.2, 0.25) is 5.91 Å². The zero-order valence-corrected chi connectivity index (χ0v) is 17.9. The van der Waals surface area contributed by atoms with E-state index in [2.05, 4.69) is 51.1 Å². The van der Waals surface area contributed by atoms with Gasteiger partial charge in [-0.15, -0.1) is 0 Å². The summed E-state index contributed by atoms with van der Waals surface area (Å²) in [6.45, 7) is 15.7. The van der Waals surface area contributed by atoms with Gasteiger partial charge in [0.25, 0.3) is 0 Å². The van der Waals surface area contributed by atoms with Crippen LogP contribution in [0.25, 0.3) is 0 Å². The molecule has 1 aliphatic heterocycles. The second-order valence-electron chi connectivity index (χ2n) is 11.8. The van der Waals surface area contributed by atoms with E-state index in [-0.39, 0.29) is 0 Å². The van der Waals surface area contributed by atoms with Crippen molar-refractivity contribution in [1.29, 1.82) is 0 Å². The summed E-state index contributed by atoms with van der Waals surface area (Å²) in [5.74, 6) is 1.84. The van der Waals surface area contributed by atoms with Gasteiger partial charge in [0.05, 0.1) is 5.69 Å². The molecule has 1 saturated heterocycles. The first-order chi connectivity index (χ1) is 12.5. The molecule has 148 valence electrons. The topological polar surface area (TPSA) is 38.1 Å². The van der Waals surface area contributed by atoms with Gasteiger partial charge < -0.3 is 4.90 Å². The molecule has 4 atom stereocenters. The molecule has 0 N–H and O–H groups in total. The van der Waals surface area contributed by atoms with Crippen molar-refractivity contribution in [3.63, 3.8) is 0 Å². The zero-order valence-electron chi connectivity index (χ0n) is 17.9. The summed E-state index contributed by atoms with van der Waals surface area (Å²) in [7, 11) is 0. The monoisotopic (exact) mass is 369 g/mol. The van der Waals surface area contributed by atoms with Crippen LogP contribution in [0.4, 0.5) is 0 Å². The zero-order chi connectivity index (χ0) is 19.4. The number of fused-ring (bicyclic) bond motifs is 5. The smallest absolute Gasteiger partial charge is 0.224 e. The van der Waals surface area contributed by atoms with Crippen LogP contribution in [-0.2, 0) is 17.8 Å². The van der Waals surface area contributed by atoms with E-state index in [1.807, 2.05) is 0 Å². The second-order valence-corrected chi connectivity index (χ2v) is 11.8. The van der Waals surface area contributed by atoms with Crippen LogP contribution in [0.1, 0.15) is 83.2 Å². The number of hydrogen-bond donors (Lipinski definition) is 0. The van der Waals surface area contributed by atoms with Gasteiger partial charge in [0.1, 0.15) is 0 Å². The maximum atomic E-state index is 13.1. The summed E-state index contributed by atoms with van der Waals surface area (Å²) < 4.78 is 2.17. The first-order valence-corrected chi connectivity index (χ1v) is 10.9. The van der Waals surface area contributed by atoms with E-state index in [9.17, 15) is 4.79 Å². The van der Waals surface area contributed by atoms with Crippen molar-refractivity contribution in [3.05, 3.63) is 17.0 Å². The largest absolute Gasteiger partial charge is 0.339 e. The van der Waals surface area contributed by atoms with E-state index in [4.69, 9.17) is 5.10 Å². The standard InChI is InChI=1S/C23H35N3O/c1-14-19-17(9-16-20(19)22(16,4)5)26(24-14)8-7-18(27)25-13-23(6)11-15(25)10-21(2,3)12-23/h15-16,20H,7-13H2,1-6H3/t15-,16-,20+,23+/m0/s1. The number of aryl methyl sites for hydroxylation is 2. The van der Waals surface area contributed by atoms with Gasteiger partial charge in [0.15, 0.2) is 0 Å². The first kappa shape index (κ1) is 17.8. The highest BCUT2D eigenvalue weighted by Crippen LogP contribution is 2.70. The van der Waals surface area contributed by atoms with E-state index in [1.54, 1.807) is 0 Å². The molecule has 4 heteroatoms. The highest BCUT2D eigenvalue weighted by molar-refractivity contribution is 5.77. The normalized spacial score (nSPS) is 37.3. The van der Waals surface area contributed by atoms with Gasteiger partial charge in [0, 0.05) is 36.8 Å². The fraction of sp³-hybridized carbons (Fsp3) is 0.826. The van der Waals surface area contributed by atoms with E-state index >= 15 is 0 Å². The Kier molecular flexibility index (Phi) is 3.41. The molecular formula is C23H35N3O. The fourth-order valence-corrected chi connectivity index (χ4v) is 7.45. The van der Waals surface area contributed by atoms with Crippen molar-refractivity contribution in [2.24, 2.45) is 22.2 Å². The molecule has 4 nitrogen and oxygen atoms in total. The van der Waals surface area contributed by atoms with E-state index in [0.717, 1.165) is 31.8 Å². The van der Waals surface area contributed by atoms with Crippen molar-refractivity contribution in [2.45, 2.75) is 92.2 Å². The number of carbonyl (C=O) groups excluding carboxylic acids is 1. The van der Waals surface area contributed by atoms with Crippen molar-refractivity contribution in [2.75, 3.05) is 6.54 Å². The number of amides is 1. The third-order valence-corrected chi connectivity index (χ3v) is 8.33. The molecule has 1 aromatic heterocycles.